The predicted octanol–water partition coefficient (Wildman–Crippen LogP) is 3.06. The number of carboxylic acid groups (broad SMARTS) is 1. The van der Waals surface area contributed by atoms with Crippen LogP contribution in [-0.2, 0) is 20.9 Å². The number of nitrogens with zero attached hydrogens (tertiary/aromatic N) is 1. The number of benzene rings is 1. The number of amides is 2. The number of alkyl carbamates (subject to hydrolysis) is 1. The highest BCUT2D eigenvalue weighted by Gasteiger charge is 2.20. The van der Waals surface area contributed by atoms with Crippen LogP contribution < -0.4 is 10.6 Å². The van der Waals surface area contributed by atoms with Gasteiger partial charge in [-0.05, 0) is 29.2 Å². The second kappa shape index (κ2) is 11.7. The molecule has 1 unspecified atom stereocenters. The van der Waals surface area contributed by atoms with E-state index in [4.69, 9.17) is 10.00 Å². The number of nitrogens with one attached hydrogen (secondary N) is 2. The van der Waals surface area contributed by atoms with Gasteiger partial charge in [0.2, 0.25) is 5.91 Å². The molecule has 2 rings (SSSR count). The highest BCUT2D eigenvalue weighted by atomic mass is 32.2. The van der Waals surface area contributed by atoms with Crippen LogP contribution in [-0.4, -0.2) is 40.6 Å². The Morgan fingerprint density at radius 2 is 2.00 bits per heavy atom. The van der Waals surface area contributed by atoms with Crippen molar-refractivity contribution < 1.29 is 24.2 Å². The van der Waals surface area contributed by atoms with E-state index < -0.39 is 18.1 Å². The number of hydrogen-bond donors (Lipinski definition) is 3. The molecular formula is C19H19N3O5S2. The summed E-state index contributed by atoms with van der Waals surface area (Å²) in [6.07, 6.45) is -0.679. The summed E-state index contributed by atoms with van der Waals surface area (Å²) in [5.41, 5.74) is 1.19. The van der Waals surface area contributed by atoms with Crippen molar-refractivity contribution in [2.75, 3.05) is 16.8 Å². The summed E-state index contributed by atoms with van der Waals surface area (Å²) >= 11 is 2.49. The van der Waals surface area contributed by atoms with E-state index >= 15 is 0 Å². The lowest BCUT2D eigenvalue weighted by Crippen LogP contribution is -2.41. The van der Waals surface area contributed by atoms with Crippen LogP contribution in [0.25, 0.3) is 0 Å². The minimum atomic E-state index is -1.18. The van der Waals surface area contributed by atoms with E-state index in [0.717, 1.165) is 5.56 Å². The zero-order valence-electron chi connectivity index (χ0n) is 15.3. The number of carboxylic acids is 1. The summed E-state index contributed by atoms with van der Waals surface area (Å²) in [4.78, 5) is 35.1. The average Bonchev–Trinajstić information content (AvgIpc) is 3.16. The standard InChI is InChI=1S/C19H19N3O5S2/c20-10-14-6-9-29-17(14)22-16(23)12-28-8-7-15(18(24)25)21-19(26)27-11-13-4-2-1-3-5-13/h1-6,9,15H,7-8,11-12H2,(H,21,26)(H,22,23)(H,24,25). The molecule has 0 spiro atoms. The van der Waals surface area contributed by atoms with Crippen LogP contribution in [0.4, 0.5) is 9.80 Å². The number of rotatable bonds is 10. The van der Waals surface area contributed by atoms with Gasteiger partial charge in [0.15, 0.2) is 0 Å². The van der Waals surface area contributed by atoms with E-state index in [0.29, 0.717) is 16.3 Å². The van der Waals surface area contributed by atoms with Gasteiger partial charge in [-0.15, -0.1) is 11.3 Å². The summed E-state index contributed by atoms with van der Waals surface area (Å²) in [5, 5.41) is 25.3. The van der Waals surface area contributed by atoms with Crippen LogP contribution in [0.2, 0.25) is 0 Å². The molecule has 0 aliphatic carbocycles. The van der Waals surface area contributed by atoms with Crippen LogP contribution in [0.3, 0.4) is 0 Å². The number of thiophene rings is 1. The minimum Gasteiger partial charge on any atom is -0.480 e. The van der Waals surface area contributed by atoms with Gasteiger partial charge in [-0.2, -0.15) is 17.0 Å². The maximum atomic E-state index is 11.9. The Kier molecular flexibility index (Phi) is 9.01. The van der Waals surface area contributed by atoms with E-state index in [1.807, 2.05) is 24.3 Å². The maximum Gasteiger partial charge on any atom is 0.408 e. The maximum absolute atomic E-state index is 11.9. The Morgan fingerprint density at radius 3 is 2.69 bits per heavy atom. The van der Waals surface area contributed by atoms with Crippen LogP contribution in [0.5, 0.6) is 0 Å². The lowest BCUT2D eigenvalue weighted by molar-refractivity contribution is -0.139. The zero-order valence-corrected chi connectivity index (χ0v) is 16.9. The molecule has 29 heavy (non-hydrogen) atoms. The third-order valence-electron chi connectivity index (χ3n) is 3.63. The predicted molar refractivity (Wildman–Crippen MR) is 111 cm³/mol. The fraction of sp³-hybridized carbons (Fsp3) is 0.263. The first-order valence-electron chi connectivity index (χ1n) is 8.54. The summed E-state index contributed by atoms with van der Waals surface area (Å²) in [7, 11) is 0. The first-order valence-corrected chi connectivity index (χ1v) is 10.6. The van der Waals surface area contributed by atoms with Gasteiger partial charge in [0.25, 0.3) is 0 Å². The number of ether oxygens (including phenoxy) is 1. The fourth-order valence-electron chi connectivity index (χ4n) is 2.19. The smallest absolute Gasteiger partial charge is 0.408 e. The Labute approximate surface area is 175 Å². The Balaban J connectivity index is 1.69. The van der Waals surface area contributed by atoms with Crippen LogP contribution in [0.1, 0.15) is 17.5 Å². The molecule has 0 radical (unpaired) electrons. The SMILES string of the molecule is N#Cc1ccsc1NC(=O)CSCCC(NC(=O)OCc1ccccc1)C(=O)O. The highest BCUT2D eigenvalue weighted by Crippen LogP contribution is 2.22. The van der Waals surface area contributed by atoms with Crippen LogP contribution in [0, 0.1) is 11.3 Å². The number of carbonyl (C=O) groups is 3. The van der Waals surface area contributed by atoms with Gasteiger partial charge in [-0.3, -0.25) is 4.79 Å². The fourth-order valence-corrected chi connectivity index (χ4v) is 3.75. The molecule has 1 aromatic heterocycles. The molecule has 1 heterocycles. The van der Waals surface area contributed by atoms with Gasteiger partial charge >= 0.3 is 12.1 Å². The molecule has 0 saturated heterocycles. The van der Waals surface area contributed by atoms with E-state index in [1.54, 1.807) is 23.6 Å². The molecule has 0 fully saturated rings. The van der Waals surface area contributed by atoms with Crippen molar-refractivity contribution in [3.05, 3.63) is 52.9 Å². The number of thioether (sulfide) groups is 1. The van der Waals surface area contributed by atoms with Crippen molar-refractivity contribution in [3.63, 3.8) is 0 Å². The van der Waals surface area contributed by atoms with Gasteiger partial charge in [0.05, 0.1) is 11.3 Å². The van der Waals surface area contributed by atoms with Crippen molar-refractivity contribution in [1.82, 2.24) is 5.32 Å². The van der Waals surface area contributed by atoms with E-state index in [-0.39, 0.29) is 24.7 Å². The summed E-state index contributed by atoms with van der Waals surface area (Å²) in [6.45, 7) is 0.0430. The molecule has 0 aliphatic heterocycles. The molecule has 1 aromatic carbocycles. The number of carbonyl (C=O) groups excluding carboxylic acids is 2. The van der Waals surface area contributed by atoms with E-state index in [2.05, 4.69) is 10.6 Å². The van der Waals surface area contributed by atoms with Gasteiger partial charge in [-0.1, -0.05) is 30.3 Å². The first kappa shape index (κ1) is 22.3. The molecule has 0 saturated carbocycles. The normalized spacial score (nSPS) is 11.1. The van der Waals surface area contributed by atoms with Crippen molar-refractivity contribution in [1.29, 1.82) is 5.26 Å². The molecule has 8 nitrogen and oxygen atoms in total. The molecule has 152 valence electrons. The van der Waals surface area contributed by atoms with Gasteiger partial charge in [0, 0.05) is 0 Å². The molecular weight excluding hydrogens is 414 g/mol. The van der Waals surface area contributed by atoms with Crippen LogP contribution in [0.15, 0.2) is 41.8 Å². The van der Waals surface area contributed by atoms with E-state index in [9.17, 15) is 19.5 Å². The molecule has 0 aliphatic rings. The molecule has 0 bridgehead atoms. The largest absolute Gasteiger partial charge is 0.480 e. The lowest BCUT2D eigenvalue weighted by atomic mass is 10.2. The van der Waals surface area contributed by atoms with Crippen molar-refractivity contribution in [2.24, 2.45) is 0 Å². The topological polar surface area (TPSA) is 129 Å². The number of hydrogen-bond acceptors (Lipinski definition) is 7. The molecule has 2 amide bonds. The summed E-state index contributed by atoms with van der Waals surface area (Å²) in [5.74, 6) is -1.01. The molecule has 2 aromatic rings. The third-order valence-corrected chi connectivity index (χ3v) is 5.45. The first-order chi connectivity index (χ1) is 14.0. The Hall–Kier alpha value is -3.03. The molecule has 10 heteroatoms. The highest BCUT2D eigenvalue weighted by molar-refractivity contribution is 7.99. The molecule has 3 N–H and O–H groups in total. The number of anilines is 1. The quantitative estimate of drug-likeness (QED) is 0.491. The second-order valence-corrected chi connectivity index (χ2v) is 7.78. The average molecular weight is 434 g/mol. The van der Waals surface area contributed by atoms with Crippen LogP contribution >= 0.6 is 23.1 Å². The Bertz CT molecular complexity index is 879. The molecule has 1 atom stereocenters. The number of nitriles is 1. The zero-order chi connectivity index (χ0) is 21.1. The van der Waals surface area contributed by atoms with E-state index in [1.165, 1.54) is 23.1 Å². The minimum absolute atomic E-state index is 0.0430. The van der Waals surface area contributed by atoms with Crippen molar-refractivity contribution in [3.8, 4) is 6.07 Å². The second-order valence-electron chi connectivity index (χ2n) is 5.76. The monoisotopic (exact) mass is 433 g/mol. The lowest BCUT2D eigenvalue weighted by Gasteiger charge is -2.14. The van der Waals surface area contributed by atoms with Gasteiger partial charge < -0.3 is 20.5 Å². The third kappa shape index (κ3) is 7.85. The van der Waals surface area contributed by atoms with Crippen molar-refractivity contribution >= 4 is 46.1 Å². The summed E-state index contributed by atoms with van der Waals surface area (Å²) in [6, 6.07) is 11.5. The van der Waals surface area contributed by atoms with Gasteiger partial charge in [0.1, 0.15) is 23.7 Å². The van der Waals surface area contributed by atoms with Crippen molar-refractivity contribution in [2.45, 2.75) is 19.1 Å². The number of aliphatic carboxylic acids is 1. The summed E-state index contributed by atoms with van der Waals surface area (Å²) < 4.78 is 5.02. The Morgan fingerprint density at radius 1 is 1.24 bits per heavy atom. The van der Waals surface area contributed by atoms with Gasteiger partial charge in [-0.25, -0.2) is 9.59 Å².